The molecule has 1 aromatic heterocycles. The van der Waals surface area contributed by atoms with E-state index in [1.165, 1.54) is 4.90 Å². The second-order valence-corrected chi connectivity index (χ2v) is 5.87. The van der Waals surface area contributed by atoms with Gasteiger partial charge in [-0.1, -0.05) is 41.9 Å². The number of nitrogens with zero attached hydrogens (tertiary/aromatic N) is 1. The number of aromatic amines is 1. The number of nitrogens with one attached hydrogen (secondary N) is 2. The van der Waals surface area contributed by atoms with Gasteiger partial charge in [0.15, 0.2) is 0 Å². The average Bonchev–Trinajstić information content (AvgIpc) is 3.00. The third kappa shape index (κ3) is 3.41. The fourth-order valence-electron chi connectivity index (χ4n) is 2.43. The van der Waals surface area contributed by atoms with E-state index in [1.54, 1.807) is 37.4 Å². The lowest BCUT2D eigenvalue weighted by Crippen LogP contribution is -2.35. The highest BCUT2D eigenvalue weighted by molar-refractivity contribution is 6.33. The van der Waals surface area contributed by atoms with Crippen molar-refractivity contribution in [1.82, 2.24) is 9.88 Å². The summed E-state index contributed by atoms with van der Waals surface area (Å²) in [5.41, 5.74) is 1.86. The number of benzene rings is 2. The van der Waals surface area contributed by atoms with Crippen LogP contribution in [-0.2, 0) is 4.79 Å². The van der Waals surface area contributed by atoms with Gasteiger partial charge < -0.3 is 15.2 Å². The Kier molecular flexibility index (Phi) is 4.53. The number of hydrogen-bond acceptors (Lipinski definition) is 2. The van der Waals surface area contributed by atoms with Gasteiger partial charge in [0.05, 0.1) is 17.3 Å². The molecular formula is C18H16ClN3O2. The number of rotatable bonds is 4. The topological polar surface area (TPSA) is 65.2 Å². The quantitative estimate of drug-likeness (QED) is 0.762. The molecule has 0 atom stereocenters. The van der Waals surface area contributed by atoms with Gasteiger partial charge in [-0.3, -0.25) is 9.59 Å². The predicted octanol–water partition coefficient (Wildman–Crippen LogP) is 3.53. The van der Waals surface area contributed by atoms with Crippen LogP contribution in [0.15, 0.2) is 54.6 Å². The second-order valence-electron chi connectivity index (χ2n) is 5.46. The predicted molar refractivity (Wildman–Crippen MR) is 95.3 cm³/mol. The molecule has 5 nitrogen and oxygen atoms in total. The Morgan fingerprint density at radius 1 is 1.12 bits per heavy atom. The Morgan fingerprint density at radius 2 is 1.83 bits per heavy atom. The number of amides is 2. The summed E-state index contributed by atoms with van der Waals surface area (Å²) < 4.78 is 0. The molecule has 1 heterocycles. The Morgan fingerprint density at radius 3 is 2.58 bits per heavy atom. The highest BCUT2D eigenvalue weighted by atomic mass is 35.5. The van der Waals surface area contributed by atoms with Gasteiger partial charge in [0.25, 0.3) is 5.91 Å². The van der Waals surface area contributed by atoms with Crippen LogP contribution < -0.4 is 5.32 Å². The van der Waals surface area contributed by atoms with Gasteiger partial charge in [0, 0.05) is 18.0 Å². The molecule has 3 aromatic rings. The lowest BCUT2D eigenvalue weighted by Gasteiger charge is -2.16. The molecule has 122 valence electrons. The number of halogens is 1. The van der Waals surface area contributed by atoms with E-state index in [1.807, 2.05) is 24.3 Å². The number of para-hydroxylation sites is 2. The number of anilines is 1. The minimum absolute atomic E-state index is 0.0700. The number of carbonyl (C=O) groups is 2. The van der Waals surface area contributed by atoms with Crippen molar-refractivity contribution in [2.24, 2.45) is 0 Å². The zero-order chi connectivity index (χ0) is 17.1. The van der Waals surface area contributed by atoms with Gasteiger partial charge in [-0.25, -0.2) is 0 Å². The number of H-pyrrole nitrogens is 1. The van der Waals surface area contributed by atoms with Gasteiger partial charge in [-0.05, 0) is 24.3 Å². The van der Waals surface area contributed by atoms with Crippen LogP contribution in [0.2, 0.25) is 5.02 Å². The fraction of sp³-hybridized carbons (Fsp3) is 0.111. The van der Waals surface area contributed by atoms with E-state index in [0.29, 0.717) is 16.4 Å². The molecule has 0 bridgehead atoms. The van der Waals surface area contributed by atoms with Crippen molar-refractivity contribution in [1.29, 1.82) is 0 Å². The smallest absolute Gasteiger partial charge is 0.270 e. The lowest BCUT2D eigenvalue weighted by molar-refractivity contribution is -0.116. The SMILES string of the molecule is CN(CC(=O)Nc1ccccc1Cl)C(=O)c1cc2ccccc2[nH]1. The lowest BCUT2D eigenvalue weighted by atomic mass is 10.2. The summed E-state index contributed by atoms with van der Waals surface area (Å²) in [5.74, 6) is -0.560. The fourth-order valence-corrected chi connectivity index (χ4v) is 2.62. The molecule has 6 heteroatoms. The van der Waals surface area contributed by atoms with Gasteiger partial charge in [-0.2, -0.15) is 0 Å². The molecule has 0 aliphatic carbocycles. The molecule has 24 heavy (non-hydrogen) atoms. The van der Waals surface area contributed by atoms with Crippen molar-refractivity contribution in [2.45, 2.75) is 0 Å². The van der Waals surface area contributed by atoms with Crippen LogP contribution in [0.3, 0.4) is 0 Å². The summed E-state index contributed by atoms with van der Waals surface area (Å²) in [6.45, 7) is -0.0700. The van der Waals surface area contributed by atoms with Crippen molar-refractivity contribution in [3.05, 3.63) is 65.3 Å². The first kappa shape index (κ1) is 16.1. The Balaban J connectivity index is 1.67. The maximum Gasteiger partial charge on any atom is 0.270 e. The number of aromatic nitrogens is 1. The monoisotopic (exact) mass is 341 g/mol. The molecule has 0 aliphatic rings. The molecule has 0 fully saturated rings. The molecule has 2 amide bonds. The zero-order valence-corrected chi connectivity index (χ0v) is 13.8. The van der Waals surface area contributed by atoms with Crippen LogP contribution >= 0.6 is 11.6 Å². The summed E-state index contributed by atoms with van der Waals surface area (Å²) in [4.78, 5) is 29.0. The molecule has 0 saturated heterocycles. The first-order valence-corrected chi connectivity index (χ1v) is 7.80. The summed E-state index contributed by atoms with van der Waals surface area (Å²) >= 11 is 6.01. The summed E-state index contributed by atoms with van der Waals surface area (Å²) in [7, 11) is 1.58. The number of hydrogen-bond donors (Lipinski definition) is 2. The van der Waals surface area contributed by atoms with Crippen molar-refractivity contribution < 1.29 is 9.59 Å². The van der Waals surface area contributed by atoms with E-state index in [0.717, 1.165) is 10.9 Å². The highest BCUT2D eigenvalue weighted by Crippen LogP contribution is 2.20. The van der Waals surface area contributed by atoms with Gasteiger partial charge in [0.2, 0.25) is 5.91 Å². The van der Waals surface area contributed by atoms with E-state index in [9.17, 15) is 9.59 Å². The molecular weight excluding hydrogens is 326 g/mol. The number of fused-ring (bicyclic) bond motifs is 1. The molecule has 0 radical (unpaired) electrons. The van der Waals surface area contributed by atoms with E-state index < -0.39 is 0 Å². The molecule has 3 rings (SSSR count). The molecule has 0 aliphatic heterocycles. The van der Waals surface area contributed by atoms with Crippen LogP contribution in [0.5, 0.6) is 0 Å². The van der Waals surface area contributed by atoms with Crippen molar-refractivity contribution >= 4 is 40.0 Å². The van der Waals surface area contributed by atoms with E-state index >= 15 is 0 Å². The molecule has 0 saturated carbocycles. The first-order valence-electron chi connectivity index (χ1n) is 7.42. The van der Waals surface area contributed by atoms with E-state index in [2.05, 4.69) is 10.3 Å². The third-order valence-corrected chi connectivity index (χ3v) is 3.97. The summed E-state index contributed by atoms with van der Waals surface area (Å²) in [6.07, 6.45) is 0. The normalized spacial score (nSPS) is 10.6. The summed E-state index contributed by atoms with van der Waals surface area (Å²) in [5, 5.41) is 4.11. The maximum absolute atomic E-state index is 12.5. The standard InChI is InChI=1S/C18H16ClN3O2/c1-22(11-17(23)21-15-9-5-3-7-13(15)19)18(24)16-10-12-6-2-4-8-14(12)20-16/h2-10,20H,11H2,1H3,(H,21,23). The number of likely N-dealkylation sites (N-methyl/N-ethyl adjacent to an activating group) is 1. The third-order valence-electron chi connectivity index (χ3n) is 3.64. The van der Waals surface area contributed by atoms with Gasteiger partial charge in [0.1, 0.15) is 5.69 Å². The minimum atomic E-state index is -0.310. The summed E-state index contributed by atoms with van der Waals surface area (Å²) in [6, 6.07) is 16.4. The molecule has 0 unspecified atom stereocenters. The van der Waals surface area contributed by atoms with Gasteiger partial charge in [-0.15, -0.1) is 0 Å². The van der Waals surface area contributed by atoms with Crippen LogP contribution in [0, 0.1) is 0 Å². The molecule has 2 aromatic carbocycles. The Hall–Kier alpha value is -2.79. The van der Waals surface area contributed by atoms with Gasteiger partial charge >= 0.3 is 0 Å². The Labute approximate surface area is 144 Å². The van der Waals surface area contributed by atoms with Crippen LogP contribution in [0.4, 0.5) is 5.69 Å². The maximum atomic E-state index is 12.5. The molecule has 0 spiro atoms. The van der Waals surface area contributed by atoms with Crippen molar-refractivity contribution in [3.63, 3.8) is 0 Å². The van der Waals surface area contributed by atoms with E-state index in [-0.39, 0.29) is 18.4 Å². The highest BCUT2D eigenvalue weighted by Gasteiger charge is 2.17. The van der Waals surface area contributed by atoms with E-state index in [4.69, 9.17) is 11.6 Å². The molecule has 2 N–H and O–H groups in total. The number of carbonyl (C=O) groups excluding carboxylic acids is 2. The largest absolute Gasteiger partial charge is 0.351 e. The van der Waals surface area contributed by atoms with Crippen LogP contribution in [0.1, 0.15) is 10.5 Å². The average molecular weight is 342 g/mol. The van der Waals surface area contributed by atoms with Crippen LogP contribution in [-0.4, -0.2) is 35.3 Å². The second kappa shape index (κ2) is 6.76. The minimum Gasteiger partial charge on any atom is -0.351 e. The first-order chi connectivity index (χ1) is 11.5. The zero-order valence-electron chi connectivity index (χ0n) is 13.0. The van der Waals surface area contributed by atoms with Crippen molar-refractivity contribution in [2.75, 3.05) is 18.9 Å². The van der Waals surface area contributed by atoms with Crippen molar-refractivity contribution in [3.8, 4) is 0 Å². The van der Waals surface area contributed by atoms with Crippen LogP contribution in [0.25, 0.3) is 10.9 Å². The Bertz CT molecular complexity index is 871.